The average Bonchev–Trinajstić information content (AvgIpc) is 2.74. The molecule has 0 aliphatic carbocycles. The van der Waals surface area contributed by atoms with E-state index in [0.717, 1.165) is 0 Å². The highest BCUT2D eigenvalue weighted by molar-refractivity contribution is 6.04. The van der Waals surface area contributed by atoms with Crippen LogP contribution in [-0.4, -0.2) is 34.7 Å². The number of imide groups is 1. The van der Waals surface area contributed by atoms with E-state index < -0.39 is 35.5 Å². The van der Waals surface area contributed by atoms with Gasteiger partial charge in [0.2, 0.25) is 11.8 Å². The summed E-state index contributed by atoms with van der Waals surface area (Å²) in [6, 6.07) is 6.95. The van der Waals surface area contributed by atoms with Gasteiger partial charge in [-0.2, -0.15) is 0 Å². The summed E-state index contributed by atoms with van der Waals surface area (Å²) in [5.74, 6) is -3.07. The van der Waals surface area contributed by atoms with Crippen molar-refractivity contribution in [1.29, 1.82) is 0 Å². The first kappa shape index (κ1) is 21.8. The predicted molar refractivity (Wildman–Crippen MR) is 110 cm³/mol. The van der Waals surface area contributed by atoms with E-state index in [1.165, 1.54) is 24.4 Å². The molecule has 8 nitrogen and oxygen atoms in total. The number of benzene rings is 1. The molecule has 1 aromatic heterocycles. The third-order valence-electron chi connectivity index (χ3n) is 4.82. The van der Waals surface area contributed by atoms with Gasteiger partial charge in [0, 0.05) is 18.2 Å². The number of nitrogens with two attached hydrogens (primary N) is 1. The molecule has 1 unspecified atom stereocenters. The van der Waals surface area contributed by atoms with Gasteiger partial charge in [0.15, 0.2) is 0 Å². The molecule has 1 atom stereocenters. The maximum atomic E-state index is 14.8. The van der Waals surface area contributed by atoms with Crippen LogP contribution in [0.2, 0.25) is 0 Å². The Balaban J connectivity index is 1.65. The minimum Gasteiger partial charge on any atom is -0.364 e. The monoisotopic (exact) mass is 424 g/mol. The van der Waals surface area contributed by atoms with Gasteiger partial charge in [0.05, 0.1) is 5.56 Å². The highest BCUT2D eigenvalue weighted by atomic mass is 19.1. The van der Waals surface area contributed by atoms with Crippen molar-refractivity contribution in [2.24, 2.45) is 5.73 Å². The highest BCUT2D eigenvalue weighted by Crippen LogP contribution is 2.17. The third-order valence-corrected chi connectivity index (χ3v) is 4.82. The van der Waals surface area contributed by atoms with Crippen LogP contribution in [0, 0.1) is 5.82 Å². The van der Waals surface area contributed by atoms with E-state index in [9.17, 15) is 23.6 Å². The normalized spacial score (nSPS) is 16.2. The van der Waals surface area contributed by atoms with E-state index in [0.29, 0.717) is 18.4 Å². The lowest BCUT2D eigenvalue weighted by molar-refractivity contribution is -0.134. The molecule has 1 saturated heterocycles. The summed E-state index contributed by atoms with van der Waals surface area (Å²) in [4.78, 5) is 50.8. The Morgan fingerprint density at radius 2 is 2.06 bits per heavy atom. The fourth-order valence-corrected chi connectivity index (χ4v) is 3.23. The number of hydrogen-bond acceptors (Lipinski definition) is 5. The van der Waals surface area contributed by atoms with Gasteiger partial charge in [0.1, 0.15) is 17.6 Å². The van der Waals surface area contributed by atoms with Crippen molar-refractivity contribution in [1.82, 2.24) is 15.6 Å². The number of nitrogens with one attached hydrogen (secondary N) is 2. The summed E-state index contributed by atoms with van der Waals surface area (Å²) in [5, 5.41) is 4.60. The van der Waals surface area contributed by atoms with Crippen molar-refractivity contribution < 1.29 is 23.6 Å². The third kappa shape index (κ3) is 5.39. The van der Waals surface area contributed by atoms with Gasteiger partial charge in [-0.05, 0) is 37.0 Å². The molecule has 0 saturated carbocycles. The number of carbonyl (C=O) groups is 4. The van der Waals surface area contributed by atoms with Crippen LogP contribution in [0.4, 0.5) is 4.39 Å². The number of piperidine rings is 1. The molecule has 31 heavy (non-hydrogen) atoms. The second kappa shape index (κ2) is 9.75. The standard InChI is InChI=1S/C22H21FN4O4/c23-18-13(5-1-2-6-14-8-4-12-25-19(14)20(24)29)7-3-9-15(18)21(30)26-16-10-11-17(28)27-22(16)31/h1,3-5,7-9,12,16H,2,6,10-11H2,(H2,24,29)(H,26,30)(H,27,28,31). The molecule has 1 aliphatic rings. The summed E-state index contributed by atoms with van der Waals surface area (Å²) >= 11 is 0. The molecular weight excluding hydrogens is 403 g/mol. The van der Waals surface area contributed by atoms with E-state index in [1.54, 1.807) is 24.3 Å². The Morgan fingerprint density at radius 3 is 2.81 bits per heavy atom. The summed E-state index contributed by atoms with van der Waals surface area (Å²) in [6.45, 7) is 0. The first-order chi connectivity index (χ1) is 14.9. The quantitative estimate of drug-likeness (QED) is 0.580. The molecule has 0 spiro atoms. The number of rotatable bonds is 7. The van der Waals surface area contributed by atoms with Crippen LogP contribution in [0.1, 0.15) is 51.2 Å². The molecule has 1 fully saturated rings. The van der Waals surface area contributed by atoms with Crippen molar-refractivity contribution in [2.45, 2.75) is 31.7 Å². The van der Waals surface area contributed by atoms with E-state index in [-0.39, 0.29) is 29.7 Å². The molecule has 3 rings (SSSR count). The average molecular weight is 424 g/mol. The molecule has 0 bridgehead atoms. The zero-order valence-electron chi connectivity index (χ0n) is 16.6. The van der Waals surface area contributed by atoms with Crippen LogP contribution in [0.3, 0.4) is 0 Å². The maximum absolute atomic E-state index is 14.8. The number of pyridine rings is 1. The molecule has 160 valence electrons. The molecule has 9 heteroatoms. The van der Waals surface area contributed by atoms with Crippen LogP contribution < -0.4 is 16.4 Å². The second-order valence-corrected chi connectivity index (χ2v) is 7.00. The van der Waals surface area contributed by atoms with E-state index >= 15 is 0 Å². The largest absolute Gasteiger partial charge is 0.364 e. The smallest absolute Gasteiger partial charge is 0.267 e. The van der Waals surface area contributed by atoms with Crippen LogP contribution in [0.15, 0.2) is 42.6 Å². The molecule has 4 N–H and O–H groups in total. The summed E-state index contributed by atoms with van der Waals surface area (Å²) in [7, 11) is 0. The highest BCUT2D eigenvalue weighted by Gasteiger charge is 2.28. The first-order valence-corrected chi connectivity index (χ1v) is 9.70. The van der Waals surface area contributed by atoms with Gasteiger partial charge in [0.25, 0.3) is 11.8 Å². The maximum Gasteiger partial charge on any atom is 0.267 e. The van der Waals surface area contributed by atoms with Crippen molar-refractivity contribution in [2.75, 3.05) is 0 Å². The van der Waals surface area contributed by atoms with Gasteiger partial charge >= 0.3 is 0 Å². The van der Waals surface area contributed by atoms with Crippen LogP contribution >= 0.6 is 0 Å². The SMILES string of the molecule is NC(=O)c1ncccc1CCC=Cc1cccc(C(=O)NC2CCC(=O)NC2=O)c1F. The number of aromatic nitrogens is 1. The number of halogens is 1. The zero-order chi connectivity index (χ0) is 22.4. The first-order valence-electron chi connectivity index (χ1n) is 9.70. The Bertz CT molecular complexity index is 1070. The molecule has 0 radical (unpaired) electrons. The fraction of sp³-hybridized carbons (Fsp3) is 0.227. The zero-order valence-corrected chi connectivity index (χ0v) is 16.6. The molecular formula is C22H21FN4O4. The van der Waals surface area contributed by atoms with Gasteiger partial charge in [-0.25, -0.2) is 4.39 Å². The number of primary amides is 1. The van der Waals surface area contributed by atoms with Crippen LogP contribution in [0.25, 0.3) is 6.08 Å². The van der Waals surface area contributed by atoms with Gasteiger partial charge in [-0.3, -0.25) is 29.5 Å². The van der Waals surface area contributed by atoms with E-state index in [1.807, 2.05) is 0 Å². The Kier molecular flexibility index (Phi) is 6.86. The van der Waals surface area contributed by atoms with Gasteiger partial charge in [-0.1, -0.05) is 30.4 Å². The lowest BCUT2D eigenvalue weighted by atomic mass is 10.0. The van der Waals surface area contributed by atoms with Gasteiger partial charge < -0.3 is 11.1 Å². The van der Waals surface area contributed by atoms with Crippen molar-refractivity contribution in [3.05, 3.63) is 70.8 Å². The van der Waals surface area contributed by atoms with E-state index in [4.69, 9.17) is 5.73 Å². The summed E-state index contributed by atoms with van der Waals surface area (Å²) < 4.78 is 14.8. The number of hydrogen-bond donors (Lipinski definition) is 3. The van der Waals surface area contributed by atoms with E-state index in [2.05, 4.69) is 15.6 Å². The summed E-state index contributed by atoms with van der Waals surface area (Å²) in [6.07, 6.45) is 6.00. The van der Waals surface area contributed by atoms with Crippen molar-refractivity contribution in [3.8, 4) is 0 Å². The van der Waals surface area contributed by atoms with Crippen molar-refractivity contribution in [3.63, 3.8) is 0 Å². The minimum atomic E-state index is -0.886. The number of aryl methyl sites for hydroxylation is 1. The number of nitrogens with zero attached hydrogens (tertiary/aromatic N) is 1. The number of carbonyl (C=O) groups excluding carboxylic acids is 4. The Morgan fingerprint density at radius 1 is 1.26 bits per heavy atom. The molecule has 2 aromatic rings. The second-order valence-electron chi connectivity index (χ2n) is 7.00. The van der Waals surface area contributed by atoms with Crippen molar-refractivity contribution >= 4 is 29.7 Å². The topological polar surface area (TPSA) is 131 Å². The lowest BCUT2D eigenvalue weighted by Gasteiger charge is -2.22. The number of allylic oxidation sites excluding steroid dienone is 1. The molecule has 1 aromatic carbocycles. The summed E-state index contributed by atoms with van der Waals surface area (Å²) in [5.41, 5.74) is 6.21. The predicted octanol–water partition coefficient (Wildman–Crippen LogP) is 1.50. The molecule has 1 aliphatic heterocycles. The fourth-order valence-electron chi connectivity index (χ4n) is 3.23. The Labute approximate surface area is 177 Å². The van der Waals surface area contributed by atoms with Crippen LogP contribution in [0.5, 0.6) is 0 Å². The Hall–Kier alpha value is -3.88. The minimum absolute atomic E-state index is 0.107. The number of amides is 4. The van der Waals surface area contributed by atoms with Crippen LogP contribution in [-0.2, 0) is 16.0 Å². The molecule has 4 amide bonds. The lowest BCUT2D eigenvalue weighted by Crippen LogP contribution is -2.52. The molecule has 2 heterocycles. The van der Waals surface area contributed by atoms with Gasteiger partial charge in [-0.15, -0.1) is 0 Å².